The lowest BCUT2D eigenvalue weighted by molar-refractivity contribution is 0.492. The first-order valence-electron chi connectivity index (χ1n) is 5.39. The minimum atomic E-state index is 0.883. The molecule has 1 nitrogen and oxygen atoms in total. The zero-order valence-corrected chi connectivity index (χ0v) is 8.93. The lowest BCUT2D eigenvalue weighted by atomic mass is 10.1. The summed E-state index contributed by atoms with van der Waals surface area (Å²) in [7, 11) is 0. The minimum absolute atomic E-state index is 0.883. The maximum atomic E-state index is 3.51. The predicted octanol–water partition coefficient (Wildman–Crippen LogP) is 2.52. The largest absolute Gasteiger partial charge is 0.316 e. The van der Waals surface area contributed by atoms with Gasteiger partial charge >= 0.3 is 0 Å². The van der Waals surface area contributed by atoms with Gasteiger partial charge in [-0.05, 0) is 43.2 Å². The zero-order chi connectivity index (χ0) is 9.14. The number of nitrogens with one attached hydrogen (secondary N) is 1. The molecular formula is C11H23N. The summed E-state index contributed by atoms with van der Waals surface area (Å²) in [6.07, 6.45) is 1.26. The van der Waals surface area contributed by atoms with Crippen molar-refractivity contribution in [3.63, 3.8) is 0 Å². The van der Waals surface area contributed by atoms with Gasteiger partial charge < -0.3 is 5.32 Å². The number of rotatable bonds is 5. The highest BCUT2D eigenvalue weighted by atomic mass is 14.9. The molecule has 0 aromatic rings. The molecule has 0 spiro atoms. The number of hydrogen-bond acceptors (Lipinski definition) is 1. The molecule has 1 N–H and O–H groups in total. The van der Waals surface area contributed by atoms with Gasteiger partial charge in [0.2, 0.25) is 0 Å². The topological polar surface area (TPSA) is 12.0 Å². The van der Waals surface area contributed by atoms with Gasteiger partial charge in [-0.2, -0.15) is 0 Å². The molecule has 0 bridgehead atoms. The summed E-state index contributed by atoms with van der Waals surface area (Å²) in [6.45, 7) is 11.8. The molecule has 0 saturated heterocycles. The van der Waals surface area contributed by atoms with Gasteiger partial charge in [-0.15, -0.1) is 0 Å². The molecule has 3 unspecified atom stereocenters. The van der Waals surface area contributed by atoms with Crippen LogP contribution in [-0.2, 0) is 0 Å². The molecule has 1 rings (SSSR count). The Morgan fingerprint density at radius 3 is 2.42 bits per heavy atom. The van der Waals surface area contributed by atoms with Crippen LogP contribution in [0.4, 0.5) is 0 Å². The molecule has 1 heteroatoms. The van der Waals surface area contributed by atoms with Gasteiger partial charge in [0, 0.05) is 0 Å². The Labute approximate surface area is 76.9 Å². The van der Waals surface area contributed by atoms with Gasteiger partial charge in [-0.25, -0.2) is 0 Å². The summed E-state index contributed by atoms with van der Waals surface area (Å²) in [5, 5.41) is 3.51. The van der Waals surface area contributed by atoms with E-state index < -0.39 is 0 Å². The van der Waals surface area contributed by atoms with Crippen LogP contribution in [0.25, 0.3) is 0 Å². The molecule has 3 atom stereocenters. The Morgan fingerprint density at radius 2 is 2.00 bits per heavy atom. The Hall–Kier alpha value is -0.0400. The smallest absolute Gasteiger partial charge is 0.00150 e. The Morgan fingerprint density at radius 1 is 1.33 bits per heavy atom. The maximum Gasteiger partial charge on any atom is -0.00150 e. The van der Waals surface area contributed by atoms with E-state index in [0.717, 1.165) is 23.7 Å². The van der Waals surface area contributed by atoms with Crippen molar-refractivity contribution in [2.75, 3.05) is 13.1 Å². The standard InChI is InChI=1S/C11H23N/c1-5-6-12-7-10-9(4)11(10)8(2)3/h8-12H,5-7H2,1-4H3. The van der Waals surface area contributed by atoms with Crippen molar-refractivity contribution in [3.8, 4) is 0 Å². The molecular weight excluding hydrogens is 146 g/mol. The van der Waals surface area contributed by atoms with E-state index in [2.05, 4.69) is 33.0 Å². The Bertz CT molecular complexity index is 131. The van der Waals surface area contributed by atoms with Gasteiger partial charge in [0.15, 0.2) is 0 Å². The van der Waals surface area contributed by atoms with Crippen LogP contribution in [0.1, 0.15) is 34.1 Å². The highest BCUT2D eigenvalue weighted by Gasteiger charge is 2.47. The van der Waals surface area contributed by atoms with Crippen LogP contribution in [0.2, 0.25) is 0 Å². The third kappa shape index (κ3) is 2.22. The molecule has 0 aromatic carbocycles. The third-order valence-corrected chi connectivity index (χ3v) is 3.21. The molecule has 1 aliphatic rings. The fourth-order valence-electron chi connectivity index (χ4n) is 2.45. The zero-order valence-electron chi connectivity index (χ0n) is 8.93. The van der Waals surface area contributed by atoms with Gasteiger partial charge in [0.1, 0.15) is 0 Å². The van der Waals surface area contributed by atoms with E-state index in [1.54, 1.807) is 0 Å². The average Bonchev–Trinajstić information content (AvgIpc) is 2.62. The van der Waals surface area contributed by atoms with Crippen molar-refractivity contribution < 1.29 is 0 Å². The lowest BCUT2D eigenvalue weighted by Gasteiger charge is -2.03. The first-order valence-corrected chi connectivity index (χ1v) is 5.39. The molecule has 12 heavy (non-hydrogen) atoms. The summed E-state index contributed by atoms with van der Waals surface area (Å²) < 4.78 is 0. The Balaban J connectivity index is 2.11. The normalized spacial score (nSPS) is 34.2. The van der Waals surface area contributed by atoms with E-state index in [4.69, 9.17) is 0 Å². The molecule has 0 radical (unpaired) electrons. The Kier molecular flexibility index (Phi) is 3.57. The predicted molar refractivity (Wildman–Crippen MR) is 54.1 cm³/mol. The van der Waals surface area contributed by atoms with Crippen LogP contribution in [0.15, 0.2) is 0 Å². The quantitative estimate of drug-likeness (QED) is 0.624. The third-order valence-electron chi connectivity index (χ3n) is 3.21. The van der Waals surface area contributed by atoms with E-state index in [1.807, 2.05) is 0 Å². The fraction of sp³-hybridized carbons (Fsp3) is 1.00. The average molecular weight is 169 g/mol. The van der Waals surface area contributed by atoms with E-state index in [-0.39, 0.29) is 0 Å². The highest BCUT2D eigenvalue weighted by Crippen LogP contribution is 2.49. The van der Waals surface area contributed by atoms with Crippen LogP contribution < -0.4 is 5.32 Å². The van der Waals surface area contributed by atoms with Gasteiger partial charge in [0.25, 0.3) is 0 Å². The molecule has 1 saturated carbocycles. The van der Waals surface area contributed by atoms with E-state index in [1.165, 1.54) is 19.5 Å². The second-order valence-corrected chi connectivity index (χ2v) is 4.55. The van der Waals surface area contributed by atoms with E-state index >= 15 is 0 Å². The molecule has 1 aliphatic carbocycles. The molecule has 72 valence electrons. The summed E-state index contributed by atoms with van der Waals surface area (Å²) >= 11 is 0. The van der Waals surface area contributed by atoms with E-state index in [0.29, 0.717) is 0 Å². The van der Waals surface area contributed by atoms with E-state index in [9.17, 15) is 0 Å². The monoisotopic (exact) mass is 169 g/mol. The first-order chi connectivity index (χ1) is 5.68. The molecule has 1 fully saturated rings. The van der Waals surface area contributed by atoms with Gasteiger partial charge in [-0.1, -0.05) is 27.7 Å². The molecule has 0 aliphatic heterocycles. The summed E-state index contributed by atoms with van der Waals surface area (Å²) in [5.74, 6) is 3.81. The number of hydrogen-bond donors (Lipinski definition) is 1. The second-order valence-electron chi connectivity index (χ2n) is 4.55. The van der Waals surface area contributed by atoms with Crippen molar-refractivity contribution in [3.05, 3.63) is 0 Å². The molecule has 0 amide bonds. The first kappa shape index (κ1) is 10.0. The van der Waals surface area contributed by atoms with Crippen molar-refractivity contribution in [1.82, 2.24) is 5.32 Å². The SMILES string of the molecule is CCCNCC1C(C)C1C(C)C. The second kappa shape index (κ2) is 4.27. The van der Waals surface area contributed by atoms with Crippen molar-refractivity contribution in [2.45, 2.75) is 34.1 Å². The van der Waals surface area contributed by atoms with Crippen LogP contribution in [-0.4, -0.2) is 13.1 Å². The van der Waals surface area contributed by atoms with Crippen LogP contribution in [0.3, 0.4) is 0 Å². The van der Waals surface area contributed by atoms with Crippen LogP contribution in [0.5, 0.6) is 0 Å². The highest BCUT2D eigenvalue weighted by molar-refractivity contribution is 4.96. The minimum Gasteiger partial charge on any atom is -0.316 e. The summed E-state index contributed by atoms with van der Waals surface area (Å²) in [6, 6.07) is 0. The maximum absolute atomic E-state index is 3.51. The van der Waals surface area contributed by atoms with Gasteiger partial charge in [-0.3, -0.25) is 0 Å². The van der Waals surface area contributed by atoms with Gasteiger partial charge in [0.05, 0.1) is 0 Å². The summed E-state index contributed by atoms with van der Waals surface area (Å²) in [5.41, 5.74) is 0. The fourth-order valence-corrected chi connectivity index (χ4v) is 2.45. The van der Waals surface area contributed by atoms with Crippen LogP contribution >= 0.6 is 0 Å². The summed E-state index contributed by atoms with van der Waals surface area (Å²) in [4.78, 5) is 0. The molecule has 0 aromatic heterocycles. The lowest BCUT2D eigenvalue weighted by Crippen LogP contribution is -2.18. The van der Waals surface area contributed by atoms with Crippen molar-refractivity contribution in [2.24, 2.45) is 23.7 Å². The van der Waals surface area contributed by atoms with Crippen LogP contribution in [0, 0.1) is 23.7 Å². The molecule has 0 heterocycles. The van der Waals surface area contributed by atoms with Crippen molar-refractivity contribution in [1.29, 1.82) is 0 Å². The van der Waals surface area contributed by atoms with Crippen molar-refractivity contribution >= 4 is 0 Å².